The molecule has 5 heteroatoms. The molecular weight excluding hydrogens is 270 g/mol. The van der Waals surface area contributed by atoms with Crippen LogP contribution in [0.1, 0.15) is 19.2 Å². The lowest BCUT2D eigenvalue weighted by Crippen LogP contribution is -1.90. The molecule has 0 atom stereocenters. The third-order valence-electron chi connectivity index (χ3n) is 2.19. The molecular formula is C11H12BrN3O. The van der Waals surface area contributed by atoms with Crippen molar-refractivity contribution in [3.8, 4) is 11.5 Å². The van der Waals surface area contributed by atoms with E-state index >= 15 is 0 Å². The van der Waals surface area contributed by atoms with Crippen molar-refractivity contribution < 1.29 is 4.52 Å². The Labute approximate surface area is 102 Å². The van der Waals surface area contributed by atoms with Gasteiger partial charge in [-0.3, -0.25) is 0 Å². The number of anilines is 1. The SMILES string of the molecule is CCCc1noc(-c2ccc(Br)cc2N)n1. The molecule has 0 spiro atoms. The Morgan fingerprint density at radius 2 is 2.25 bits per heavy atom. The van der Waals surface area contributed by atoms with Crippen LogP contribution in [0.4, 0.5) is 5.69 Å². The quantitative estimate of drug-likeness (QED) is 0.879. The maximum Gasteiger partial charge on any atom is 0.260 e. The van der Waals surface area contributed by atoms with Crippen LogP contribution in [0.2, 0.25) is 0 Å². The Balaban J connectivity index is 2.35. The maximum atomic E-state index is 5.88. The molecule has 0 unspecified atom stereocenters. The van der Waals surface area contributed by atoms with E-state index in [9.17, 15) is 0 Å². The molecule has 0 aliphatic carbocycles. The Kier molecular flexibility index (Phi) is 3.24. The number of hydrogen-bond donors (Lipinski definition) is 1. The van der Waals surface area contributed by atoms with Crippen LogP contribution in [0, 0.1) is 0 Å². The van der Waals surface area contributed by atoms with Gasteiger partial charge in [-0.1, -0.05) is 28.0 Å². The van der Waals surface area contributed by atoms with E-state index in [4.69, 9.17) is 10.3 Å². The van der Waals surface area contributed by atoms with Crippen molar-refractivity contribution in [1.29, 1.82) is 0 Å². The molecule has 2 rings (SSSR count). The van der Waals surface area contributed by atoms with Crippen molar-refractivity contribution in [3.63, 3.8) is 0 Å². The fourth-order valence-corrected chi connectivity index (χ4v) is 1.80. The summed E-state index contributed by atoms with van der Waals surface area (Å²) < 4.78 is 6.10. The van der Waals surface area contributed by atoms with Gasteiger partial charge in [0.2, 0.25) is 0 Å². The molecule has 0 amide bonds. The predicted octanol–water partition coefficient (Wildman–Crippen LogP) is 3.03. The van der Waals surface area contributed by atoms with E-state index in [1.54, 1.807) is 0 Å². The Morgan fingerprint density at radius 1 is 1.44 bits per heavy atom. The summed E-state index contributed by atoms with van der Waals surface area (Å²) in [6.07, 6.45) is 1.81. The molecule has 0 saturated heterocycles. The number of hydrogen-bond acceptors (Lipinski definition) is 4. The van der Waals surface area contributed by atoms with Crippen LogP contribution in [0.3, 0.4) is 0 Å². The first-order valence-electron chi connectivity index (χ1n) is 5.08. The van der Waals surface area contributed by atoms with Crippen LogP contribution >= 0.6 is 15.9 Å². The van der Waals surface area contributed by atoms with Crippen LogP contribution in [0.5, 0.6) is 0 Å². The van der Waals surface area contributed by atoms with Gasteiger partial charge in [0.25, 0.3) is 5.89 Å². The highest BCUT2D eigenvalue weighted by atomic mass is 79.9. The summed E-state index contributed by atoms with van der Waals surface area (Å²) in [5.74, 6) is 1.20. The summed E-state index contributed by atoms with van der Waals surface area (Å²) in [5.41, 5.74) is 7.28. The normalized spacial score (nSPS) is 10.6. The molecule has 84 valence electrons. The van der Waals surface area contributed by atoms with Crippen LogP contribution in [0.15, 0.2) is 27.2 Å². The molecule has 16 heavy (non-hydrogen) atoms. The Hall–Kier alpha value is -1.36. The first-order valence-corrected chi connectivity index (χ1v) is 5.88. The zero-order chi connectivity index (χ0) is 11.5. The fraction of sp³-hybridized carbons (Fsp3) is 0.273. The lowest BCUT2D eigenvalue weighted by atomic mass is 10.2. The summed E-state index contributed by atoms with van der Waals surface area (Å²) in [5, 5.41) is 3.89. The van der Waals surface area contributed by atoms with Gasteiger partial charge in [-0.15, -0.1) is 0 Å². The highest BCUT2D eigenvalue weighted by Gasteiger charge is 2.11. The molecule has 0 bridgehead atoms. The van der Waals surface area contributed by atoms with Gasteiger partial charge in [-0.05, 0) is 24.6 Å². The number of nitrogens with zero attached hydrogens (tertiary/aromatic N) is 2. The van der Waals surface area contributed by atoms with E-state index in [1.807, 2.05) is 18.2 Å². The third kappa shape index (κ3) is 2.24. The van der Waals surface area contributed by atoms with Crippen molar-refractivity contribution in [2.24, 2.45) is 0 Å². The summed E-state index contributed by atoms with van der Waals surface area (Å²) >= 11 is 3.35. The van der Waals surface area contributed by atoms with Crippen LogP contribution < -0.4 is 5.73 Å². The molecule has 4 nitrogen and oxygen atoms in total. The number of nitrogens with two attached hydrogens (primary N) is 1. The Morgan fingerprint density at radius 3 is 2.94 bits per heavy atom. The molecule has 0 aliphatic rings. The fourth-order valence-electron chi connectivity index (χ4n) is 1.42. The van der Waals surface area contributed by atoms with E-state index in [-0.39, 0.29) is 0 Å². The van der Waals surface area contributed by atoms with Gasteiger partial charge in [0.05, 0.1) is 5.56 Å². The topological polar surface area (TPSA) is 64.9 Å². The van der Waals surface area contributed by atoms with E-state index in [2.05, 4.69) is 33.0 Å². The molecule has 1 aromatic heterocycles. The minimum atomic E-state index is 0.480. The van der Waals surface area contributed by atoms with Crippen molar-refractivity contribution >= 4 is 21.6 Å². The number of rotatable bonds is 3. The van der Waals surface area contributed by atoms with Gasteiger partial charge in [-0.25, -0.2) is 0 Å². The van der Waals surface area contributed by atoms with Crippen molar-refractivity contribution in [2.45, 2.75) is 19.8 Å². The lowest BCUT2D eigenvalue weighted by molar-refractivity contribution is 0.422. The molecule has 1 aromatic carbocycles. The average molecular weight is 282 g/mol. The standard InChI is InChI=1S/C11H12BrN3O/c1-2-3-10-14-11(16-15-10)8-5-4-7(12)6-9(8)13/h4-6H,2-3,13H2,1H3. The molecule has 2 N–H and O–H groups in total. The van der Waals surface area contributed by atoms with E-state index in [1.165, 1.54) is 0 Å². The summed E-state index contributed by atoms with van der Waals surface area (Å²) in [6, 6.07) is 5.58. The minimum absolute atomic E-state index is 0.480. The van der Waals surface area contributed by atoms with Crippen LogP contribution in [0.25, 0.3) is 11.5 Å². The van der Waals surface area contributed by atoms with Gasteiger partial charge in [0.1, 0.15) is 0 Å². The second kappa shape index (κ2) is 4.65. The summed E-state index contributed by atoms with van der Waals surface area (Å²) in [7, 11) is 0. The maximum absolute atomic E-state index is 5.88. The smallest absolute Gasteiger partial charge is 0.260 e. The van der Waals surface area contributed by atoms with Crippen LogP contribution in [-0.2, 0) is 6.42 Å². The van der Waals surface area contributed by atoms with Gasteiger partial charge in [0.15, 0.2) is 5.82 Å². The zero-order valence-electron chi connectivity index (χ0n) is 8.90. The highest BCUT2D eigenvalue weighted by molar-refractivity contribution is 9.10. The first kappa shape index (κ1) is 11.1. The molecule has 2 aromatic rings. The summed E-state index contributed by atoms with van der Waals surface area (Å²) in [6.45, 7) is 2.07. The second-order valence-corrected chi connectivity index (χ2v) is 4.41. The largest absolute Gasteiger partial charge is 0.398 e. The summed E-state index contributed by atoms with van der Waals surface area (Å²) in [4.78, 5) is 4.29. The van der Waals surface area contributed by atoms with E-state index in [0.717, 1.165) is 28.7 Å². The minimum Gasteiger partial charge on any atom is -0.398 e. The second-order valence-electron chi connectivity index (χ2n) is 3.50. The lowest BCUT2D eigenvalue weighted by Gasteiger charge is -2.00. The van der Waals surface area contributed by atoms with Gasteiger partial charge >= 0.3 is 0 Å². The van der Waals surface area contributed by atoms with Crippen molar-refractivity contribution in [3.05, 3.63) is 28.5 Å². The van der Waals surface area contributed by atoms with Gasteiger partial charge in [0, 0.05) is 16.6 Å². The molecule has 0 aliphatic heterocycles. The van der Waals surface area contributed by atoms with Crippen molar-refractivity contribution in [1.82, 2.24) is 10.1 Å². The van der Waals surface area contributed by atoms with Gasteiger partial charge in [-0.2, -0.15) is 4.98 Å². The van der Waals surface area contributed by atoms with E-state index in [0.29, 0.717) is 11.6 Å². The first-order chi connectivity index (χ1) is 7.70. The molecule has 0 radical (unpaired) electrons. The Bertz CT molecular complexity index is 496. The predicted molar refractivity (Wildman–Crippen MR) is 65.8 cm³/mol. The highest BCUT2D eigenvalue weighted by Crippen LogP contribution is 2.27. The molecule has 1 heterocycles. The number of benzene rings is 1. The average Bonchev–Trinajstić information content (AvgIpc) is 2.67. The zero-order valence-corrected chi connectivity index (χ0v) is 10.5. The van der Waals surface area contributed by atoms with Crippen LogP contribution in [-0.4, -0.2) is 10.1 Å². The molecule has 0 fully saturated rings. The van der Waals surface area contributed by atoms with Gasteiger partial charge < -0.3 is 10.3 Å². The number of halogens is 1. The van der Waals surface area contributed by atoms with E-state index < -0.39 is 0 Å². The number of aryl methyl sites for hydroxylation is 1. The molecule has 0 saturated carbocycles. The van der Waals surface area contributed by atoms with Crippen molar-refractivity contribution in [2.75, 3.05) is 5.73 Å². The third-order valence-corrected chi connectivity index (χ3v) is 2.68. The number of aromatic nitrogens is 2. The number of nitrogen functional groups attached to an aromatic ring is 1. The monoisotopic (exact) mass is 281 g/mol.